The van der Waals surface area contributed by atoms with Gasteiger partial charge in [-0.1, -0.05) is 23.7 Å². The topological polar surface area (TPSA) is 61.9 Å². The second kappa shape index (κ2) is 9.51. The van der Waals surface area contributed by atoms with Crippen LogP contribution in [0.5, 0.6) is 5.75 Å². The highest BCUT2D eigenvalue weighted by Gasteiger charge is 2.36. The first-order valence-electron chi connectivity index (χ1n) is 10.7. The van der Waals surface area contributed by atoms with Crippen LogP contribution in [-0.2, 0) is 15.8 Å². The van der Waals surface area contributed by atoms with Gasteiger partial charge in [-0.25, -0.2) is 0 Å². The molecule has 6 nitrogen and oxygen atoms in total. The number of likely N-dealkylation sites (tertiary alicyclic amines) is 1. The van der Waals surface area contributed by atoms with Crippen molar-refractivity contribution >= 4 is 34.8 Å². The molecule has 0 unspecified atom stereocenters. The van der Waals surface area contributed by atoms with Gasteiger partial charge in [-0.3, -0.25) is 9.59 Å². The smallest absolute Gasteiger partial charge is 0.418 e. The van der Waals surface area contributed by atoms with Crippen molar-refractivity contribution in [3.63, 3.8) is 0 Å². The molecule has 10 heteroatoms. The monoisotopic (exact) mass is 481 g/mol. The molecule has 1 saturated heterocycles. The Kier molecular flexibility index (Phi) is 6.69. The van der Waals surface area contributed by atoms with Gasteiger partial charge in [-0.05, 0) is 49.6 Å². The highest BCUT2D eigenvalue weighted by Crippen LogP contribution is 2.37. The number of para-hydroxylation sites is 2. The van der Waals surface area contributed by atoms with Crippen molar-refractivity contribution in [3.8, 4) is 5.75 Å². The Hall–Kier alpha value is -2.94. The van der Waals surface area contributed by atoms with Crippen LogP contribution in [0.25, 0.3) is 0 Å². The number of fused-ring (bicyclic) bond motifs is 1. The van der Waals surface area contributed by atoms with E-state index in [0.717, 1.165) is 31.4 Å². The van der Waals surface area contributed by atoms with Crippen molar-refractivity contribution in [1.82, 2.24) is 4.90 Å². The Bertz CT molecular complexity index is 1040. The van der Waals surface area contributed by atoms with Gasteiger partial charge in [0.1, 0.15) is 5.75 Å². The van der Waals surface area contributed by atoms with Crippen molar-refractivity contribution in [3.05, 3.63) is 53.1 Å². The molecule has 176 valence electrons. The summed E-state index contributed by atoms with van der Waals surface area (Å²) in [5, 5.41) is 2.25. The summed E-state index contributed by atoms with van der Waals surface area (Å²) in [4.78, 5) is 29.2. The van der Waals surface area contributed by atoms with Gasteiger partial charge < -0.3 is 19.9 Å². The first kappa shape index (κ1) is 23.2. The summed E-state index contributed by atoms with van der Waals surface area (Å²) < 4.78 is 46.0. The summed E-state index contributed by atoms with van der Waals surface area (Å²) >= 11 is 5.71. The number of rotatable bonds is 4. The molecule has 0 saturated carbocycles. The van der Waals surface area contributed by atoms with Crippen LogP contribution in [0, 0.1) is 0 Å². The van der Waals surface area contributed by atoms with Gasteiger partial charge in [-0.15, -0.1) is 0 Å². The third-order valence-electron chi connectivity index (χ3n) is 5.70. The number of carbonyl (C=O) groups is 2. The number of benzene rings is 2. The lowest BCUT2D eigenvalue weighted by atomic mass is 10.1. The Morgan fingerprint density at radius 1 is 1.09 bits per heavy atom. The molecule has 1 fully saturated rings. The van der Waals surface area contributed by atoms with E-state index in [0.29, 0.717) is 24.5 Å². The maximum atomic E-state index is 13.4. The third-order valence-corrected chi connectivity index (χ3v) is 5.94. The molecule has 33 heavy (non-hydrogen) atoms. The summed E-state index contributed by atoms with van der Waals surface area (Å²) in [5.74, 6) is -0.343. The molecule has 4 rings (SSSR count). The van der Waals surface area contributed by atoms with E-state index in [2.05, 4.69) is 5.32 Å². The average Bonchev–Trinajstić information content (AvgIpc) is 2.79. The maximum Gasteiger partial charge on any atom is 0.418 e. The van der Waals surface area contributed by atoms with Gasteiger partial charge in [0, 0.05) is 18.1 Å². The van der Waals surface area contributed by atoms with E-state index in [4.69, 9.17) is 16.3 Å². The minimum Gasteiger partial charge on any atom is -0.477 e. The zero-order chi connectivity index (χ0) is 23.6. The molecular weight excluding hydrogens is 459 g/mol. The number of carbonyl (C=O) groups excluding carboxylic acids is 2. The number of hydrogen-bond donors (Lipinski definition) is 1. The van der Waals surface area contributed by atoms with Gasteiger partial charge in [0.25, 0.3) is 5.91 Å². The van der Waals surface area contributed by atoms with Crippen LogP contribution < -0.4 is 15.0 Å². The summed E-state index contributed by atoms with van der Waals surface area (Å²) in [6, 6.07) is 10.1. The van der Waals surface area contributed by atoms with Crippen LogP contribution in [0.15, 0.2) is 42.5 Å². The fourth-order valence-corrected chi connectivity index (χ4v) is 4.30. The highest BCUT2D eigenvalue weighted by molar-refractivity contribution is 6.30. The summed E-state index contributed by atoms with van der Waals surface area (Å²) in [6.07, 6.45) is -2.53. The molecule has 0 spiro atoms. The molecule has 2 amide bonds. The van der Waals surface area contributed by atoms with E-state index in [1.54, 1.807) is 34.1 Å². The van der Waals surface area contributed by atoms with E-state index in [-0.39, 0.29) is 29.7 Å². The number of piperidine rings is 1. The molecule has 0 aliphatic carbocycles. The SMILES string of the molecule is O=C(CN1C[C@@H](C(=O)N2CCCCC2)Oc2ccccc21)Nc1ccc(Cl)cc1C(F)(F)F. The summed E-state index contributed by atoms with van der Waals surface area (Å²) in [7, 11) is 0. The second-order valence-electron chi connectivity index (χ2n) is 8.08. The Labute approximate surface area is 194 Å². The zero-order valence-electron chi connectivity index (χ0n) is 17.7. The maximum absolute atomic E-state index is 13.4. The number of nitrogens with one attached hydrogen (secondary N) is 1. The zero-order valence-corrected chi connectivity index (χ0v) is 18.5. The normalized spacial score (nSPS) is 18.4. The minimum absolute atomic E-state index is 0.0819. The van der Waals surface area contributed by atoms with Crippen molar-refractivity contribution in [2.45, 2.75) is 31.5 Å². The molecule has 0 radical (unpaired) electrons. The van der Waals surface area contributed by atoms with E-state index >= 15 is 0 Å². The molecular formula is C23H23ClF3N3O3. The van der Waals surface area contributed by atoms with Gasteiger partial charge in [0.2, 0.25) is 5.91 Å². The van der Waals surface area contributed by atoms with E-state index in [9.17, 15) is 22.8 Å². The number of alkyl halides is 3. The molecule has 0 bridgehead atoms. The van der Waals surface area contributed by atoms with Crippen LogP contribution in [-0.4, -0.2) is 49.0 Å². The summed E-state index contributed by atoms with van der Waals surface area (Å²) in [5.41, 5.74) is -0.800. The van der Waals surface area contributed by atoms with Crippen LogP contribution in [0.1, 0.15) is 24.8 Å². The van der Waals surface area contributed by atoms with Crippen LogP contribution in [0.3, 0.4) is 0 Å². The predicted octanol–water partition coefficient (Wildman–Crippen LogP) is 4.58. The lowest BCUT2D eigenvalue weighted by Gasteiger charge is -2.38. The second-order valence-corrected chi connectivity index (χ2v) is 8.51. The number of amides is 2. The van der Waals surface area contributed by atoms with Gasteiger partial charge in [0.05, 0.1) is 30.0 Å². The lowest BCUT2D eigenvalue weighted by Crippen LogP contribution is -2.52. The molecule has 0 aromatic heterocycles. The van der Waals surface area contributed by atoms with Crippen molar-refractivity contribution < 1.29 is 27.5 Å². The molecule has 1 N–H and O–H groups in total. The first-order chi connectivity index (χ1) is 15.7. The molecule has 2 aliphatic heterocycles. The van der Waals surface area contributed by atoms with Gasteiger partial charge in [0.15, 0.2) is 6.10 Å². The summed E-state index contributed by atoms with van der Waals surface area (Å²) in [6.45, 7) is 1.20. The Morgan fingerprint density at radius 2 is 1.82 bits per heavy atom. The van der Waals surface area contributed by atoms with E-state index < -0.39 is 23.8 Å². The quantitative estimate of drug-likeness (QED) is 0.694. The minimum atomic E-state index is -4.68. The number of anilines is 2. The molecule has 2 aliphatic rings. The van der Waals surface area contributed by atoms with Gasteiger partial charge in [-0.2, -0.15) is 13.2 Å². The molecule has 2 aromatic carbocycles. The lowest BCUT2D eigenvalue weighted by molar-refractivity contribution is -0.139. The van der Waals surface area contributed by atoms with Crippen molar-refractivity contribution in [2.75, 3.05) is 36.4 Å². The van der Waals surface area contributed by atoms with E-state index in [1.165, 1.54) is 6.07 Å². The highest BCUT2D eigenvalue weighted by atomic mass is 35.5. The standard InChI is InChI=1S/C23H23ClF3N3O3/c24-15-8-9-17(16(12-15)23(25,26)27)28-21(31)14-30-13-20(22(32)29-10-4-1-5-11-29)33-19-7-3-2-6-18(19)30/h2-3,6-9,12,20H,1,4-5,10-11,13-14H2,(H,28,31)/t20-/m0/s1. The predicted molar refractivity (Wildman–Crippen MR) is 119 cm³/mol. The number of nitrogens with zero attached hydrogens (tertiary/aromatic N) is 2. The van der Waals surface area contributed by atoms with Crippen molar-refractivity contribution in [2.24, 2.45) is 0 Å². The third kappa shape index (κ3) is 5.35. The van der Waals surface area contributed by atoms with Crippen LogP contribution >= 0.6 is 11.6 Å². The van der Waals surface area contributed by atoms with Crippen LogP contribution in [0.4, 0.5) is 24.5 Å². The Morgan fingerprint density at radius 3 is 2.55 bits per heavy atom. The molecule has 1 atom stereocenters. The fraction of sp³-hybridized carbons (Fsp3) is 0.391. The average molecular weight is 482 g/mol. The van der Waals surface area contributed by atoms with E-state index in [1.807, 2.05) is 0 Å². The first-order valence-corrected chi connectivity index (χ1v) is 11.1. The van der Waals surface area contributed by atoms with Crippen LogP contribution in [0.2, 0.25) is 5.02 Å². The number of ether oxygens (including phenoxy) is 1. The largest absolute Gasteiger partial charge is 0.477 e. The Balaban J connectivity index is 1.52. The van der Waals surface area contributed by atoms with Crippen molar-refractivity contribution in [1.29, 1.82) is 0 Å². The molecule has 2 aromatic rings. The number of halogens is 4. The molecule has 2 heterocycles. The van der Waals surface area contributed by atoms with Gasteiger partial charge >= 0.3 is 6.18 Å². The fourth-order valence-electron chi connectivity index (χ4n) is 4.13. The number of hydrogen-bond acceptors (Lipinski definition) is 4.